The summed E-state index contributed by atoms with van der Waals surface area (Å²) in [6, 6.07) is 12.9. The fourth-order valence-electron chi connectivity index (χ4n) is 4.70. The van der Waals surface area contributed by atoms with Crippen molar-refractivity contribution in [2.45, 2.75) is 44.2 Å². The molecule has 1 heterocycles. The molecule has 35 heavy (non-hydrogen) atoms. The molecule has 2 aromatic rings. The van der Waals surface area contributed by atoms with E-state index in [4.69, 9.17) is 25.8 Å². The number of ether oxygens (including phenoxy) is 3. The number of hydrogen-bond donors (Lipinski definition) is 1. The molecule has 2 aromatic carbocycles. The number of fused-ring (bicyclic) bond motifs is 1. The van der Waals surface area contributed by atoms with Gasteiger partial charge in [0.05, 0.1) is 20.3 Å². The van der Waals surface area contributed by atoms with E-state index in [1.165, 1.54) is 0 Å². The lowest BCUT2D eigenvalue weighted by atomic mass is 9.89. The third kappa shape index (κ3) is 6.09. The highest BCUT2D eigenvalue weighted by Crippen LogP contribution is 2.33. The average molecular weight is 499 g/mol. The summed E-state index contributed by atoms with van der Waals surface area (Å²) in [5.41, 5.74) is 1.80. The molecule has 4 rings (SSSR count). The normalized spacial score (nSPS) is 20.7. The molecule has 2 unspecified atom stereocenters. The van der Waals surface area contributed by atoms with Gasteiger partial charge in [0.15, 0.2) is 17.3 Å². The second kappa shape index (κ2) is 11.5. The van der Waals surface area contributed by atoms with Crippen LogP contribution in [0.5, 0.6) is 11.5 Å². The molecular formula is C27H31ClN2O5. The number of carbonyl (C=O) groups is 2. The summed E-state index contributed by atoms with van der Waals surface area (Å²) in [5.74, 6) is 1.12. The van der Waals surface area contributed by atoms with Crippen LogP contribution in [0, 0.1) is 0 Å². The Kier molecular flexibility index (Phi) is 8.18. The molecule has 1 N–H and O–H groups in total. The van der Waals surface area contributed by atoms with E-state index in [1.807, 2.05) is 30.3 Å². The van der Waals surface area contributed by atoms with E-state index in [-0.39, 0.29) is 36.3 Å². The molecule has 7 nitrogen and oxygen atoms in total. The number of amides is 2. The molecule has 1 aliphatic heterocycles. The van der Waals surface area contributed by atoms with Crippen molar-refractivity contribution in [3.05, 3.63) is 64.4 Å². The van der Waals surface area contributed by atoms with E-state index >= 15 is 0 Å². The number of methoxy groups -OCH3 is 2. The molecular weight excluding hydrogens is 468 g/mol. The predicted molar refractivity (Wildman–Crippen MR) is 135 cm³/mol. The first kappa shape index (κ1) is 24.9. The molecule has 1 aliphatic carbocycles. The monoisotopic (exact) mass is 498 g/mol. The largest absolute Gasteiger partial charge is 0.493 e. The van der Waals surface area contributed by atoms with E-state index in [9.17, 15) is 9.59 Å². The minimum atomic E-state index is -0.261. The summed E-state index contributed by atoms with van der Waals surface area (Å²) >= 11 is 6.10. The fourth-order valence-corrected chi connectivity index (χ4v) is 4.90. The molecule has 1 saturated heterocycles. The van der Waals surface area contributed by atoms with Crippen LogP contribution in [0.2, 0.25) is 5.02 Å². The van der Waals surface area contributed by atoms with Crippen molar-refractivity contribution in [1.82, 2.24) is 10.2 Å². The highest BCUT2D eigenvalue weighted by atomic mass is 35.5. The van der Waals surface area contributed by atoms with Crippen LogP contribution in [-0.2, 0) is 20.7 Å². The first-order valence-electron chi connectivity index (χ1n) is 11.9. The zero-order valence-electron chi connectivity index (χ0n) is 20.1. The first-order chi connectivity index (χ1) is 17.0. The molecule has 0 spiro atoms. The first-order valence-corrected chi connectivity index (χ1v) is 12.3. The molecule has 2 amide bonds. The summed E-state index contributed by atoms with van der Waals surface area (Å²) in [6.07, 6.45) is 6.00. The number of rotatable bonds is 8. The Balaban J connectivity index is 1.41. The van der Waals surface area contributed by atoms with Crippen molar-refractivity contribution < 1.29 is 23.8 Å². The highest BCUT2D eigenvalue weighted by Gasteiger charge is 2.42. The molecule has 2 atom stereocenters. The number of halogens is 1. The lowest BCUT2D eigenvalue weighted by Crippen LogP contribution is -2.57. The molecule has 1 saturated carbocycles. The maximum absolute atomic E-state index is 13.3. The lowest BCUT2D eigenvalue weighted by molar-refractivity contribution is -0.151. The Hall–Kier alpha value is -3.19. The van der Waals surface area contributed by atoms with Gasteiger partial charge in [0.2, 0.25) is 5.91 Å². The molecule has 2 aliphatic rings. The van der Waals surface area contributed by atoms with Gasteiger partial charge in [-0.25, -0.2) is 0 Å². The van der Waals surface area contributed by atoms with Crippen molar-refractivity contribution in [3.8, 4) is 11.5 Å². The molecule has 2 fully saturated rings. The summed E-state index contributed by atoms with van der Waals surface area (Å²) in [4.78, 5) is 27.8. The van der Waals surface area contributed by atoms with Crippen LogP contribution in [0.1, 0.15) is 36.8 Å². The second-order valence-electron chi connectivity index (χ2n) is 8.79. The fraction of sp³-hybridized carbons (Fsp3) is 0.407. The van der Waals surface area contributed by atoms with Crippen molar-refractivity contribution in [1.29, 1.82) is 0 Å². The van der Waals surface area contributed by atoms with Gasteiger partial charge in [0.1, 0.15) is 12.6 Å². The highest BCUT2D eigenvalue weighted by molar-refractivity contribution is 6.30. The Morgan fingerprint density at radius 3 is 2.71 bits per heavy atom. The Morgan fingerprint density at radius 1 is 1.14 bits per heavy atom. The van der Waals surface area contributed by atoms with E-state index in [2.05, 4.69) is 5.32 Å². The maximum atomic E-state index is 13.3. The van der Waals surface area contributed by atoms with Crippen LogP contribution in [0.3, 0.4) is 0 Å². The Labute approximate surface area is 211 Å². The van der Waals surface area contributed by atoms with Gasteiger partial charge in [-0.3, -0.25) is 9.59 Å². The van der Waals surface area contributed by atoms with Gasteiger partial charge < -0.3 is 24.4 Å². The van der Waals surface area contributed by atoms with Crippen molar-refractivity contribution in [3.63, 3.8) is 0 Å². The van der Waals surface area contributed by atoms with Gasteiger partial charge in [-0.1, -0.05) is 36.2 Å². The van der Waals surface area contributed by atoms with Gasteiger partial charge in [0, 0.05) is 11.6 Å². The SMILES string of the molecule is COc1ccc(CCNC(=O)CN2C(=O)/C(=C\c3cccc(Cl)c3)OC3CCCCC32)cc1OC. The number of nitrogens with one attached hydrogen (secondary N) is 1. The van der Waals surface area contributed by atoms with Crippen molar-refractivity contribution >= 4 is 29.5 Å². The van der Waals surface area contributed by atoms with E-state index in [1.54, 1.807) is 37.3 Å². The summed E-state index contributed by atoms with van der Waals surface area (Å²) in [5, 5.41) is 3.54. The number of carbonyl (C=O) groups excluding carboxylic acids is 2. The minimum Gasteiger partial charge on any atom is -0.493 e. The zero-order chi connectivity index (χ0) is 24.8. The molecule has 8 heteroatoms. The Morgan fingerprint density at radius 2 is 1.94 bits per heavy atom. The summed E-state index contributed by atoms with van der Waals surface area (Å²) in [7, 11) is 3.19. The number of nitrogens with zero attached hydrogens (tertiary/aromatic N) is 1. The minimum absolute atomic E-state index is 0.00216. The average Bonchev–Trinajstić information content (AvgIpc) is 2.86. The third-order valence-electron chi connectivity index (χ3n) is 6.46. The Bertz CT molecular complexity index is 1100. The topological polar surface area (TPSA) is 77.1 Å². The summed E-state index contributed by atoms with van der Waals surface area (Å²) in [6.45, 7) is 0.453. The zero-order valence-corrected chi connectivity index (χ0v) is 20.8. The van der Waals surface area contributed by atoms with E-state index in [0.717, 1.165) is 36.8 Å². The van der Waals surface area contributed by atoms with Gasteiger partial charge in [-0.05, 0) is 67.2 Å². The number of hydrogen-bond acceptors (Lipinski definition) is 5. The standard InChI is InChI=1S/C27H31ClN2O5/c1-33-23-11-10-18(15-24(23)34-2)12-13-29-26(31)17-30-21-8-3-4-9-22(21)35-25(27(30)32)16-19-6-5-7-20(28)14-19/h5-7,10-11,14-16,21-22H,3-4,8-9,12-13,17H2,1-2H3,(H,29,31)/b25-16+. The summed E-state index contributed by atoms with van der Waals surface area (Å²) < 4.78 is 16.7. The third-order valence-corrected chi connectivity index (χ3v) is 6.70. The molecule has 0 radical (unpaired) electrons. The van der Waals surface area contributed by atoms with Gasteiger partial charge in [-0.15, -0.1) is 0 Å². The number of morpholine rings is 1. The van der Waals surface area contributed by atoms with Crippen LogP contribution in [0.4, 0.5) is 0 Å². The van der Waals surface area contributed by atoms with Gasteiger partial charge >= 0.3 is 0 Å². The van der Waals surface area contributed by atoms with Crippen LogP contribution in [0.25, 0.3) is 6.08 Å². The van der Waals surface area contributed by atoms with Crippen LogP contribution < -0.4 is 14.8 Å². The second-order valence-corrected chi connectivity index (χ2v) is 9.23. The van der Waals surface area contributed by atoms with Crippen LogP contribution in [0.15, 0.2) is 48.2 Å². The lowest BCUT2D eigenvalue weighted by Gasteiger charge is -2.44. The molecule has 0 aromatic heterocycles. The van der Waals surface area contributed by atoms with Gasteiger partial charge in [0.25, 0.3) is 5.91 Å². The quantitative estimate of drug-likeness (QED) is 0.551. The van der Waals surface area contributed by atoms with Crippen LogP contribution >= 0.6 is 11.6 Å². The predicted octanol–water partition coefficient (Wildman–Crippen LogP) is 4.23. The number of benzene rings is 2. The van der Waals surface area contributed by atoms with Crippen molar-refractivity contribution in [2.75, 3.05) is 27.3 Å². The maximum Gasteiger partial charge on any atom is 0.289 e. The van der Waals surface area contributed by atoms with E-state index < -0.39 is 0 Å². The smallest absolute Gasteiger partial charge is 0.289 e. The molecule has 186 valence electrons. The van der Waals surface area contributed by atoms with Gasteiger partial charge in [-0.2, -0.15) is 0 Å². The molecule has 0 bridgehead atoms. The van der Waals surface area contributed by atoms with E-state index in [0.29, 0.717) is 29.5 Å². The van der Waals surface area contributed by atoms with Crippen LogP contribution in [-0.4, -0.2) is 56.2 Å². The van der Waals surface area contributed by atoms with Crippen molar-refractivity contribution in [2.24, 2.45) is 0 Å².